The molecule has 38 valence electrons. The van der Waals surface area contributed by atoms with Gasteiger partial charge in [0.25, 0.3) is 0 Å². The van der Waals surface area contributed by atoms with Gasteiger partial charge >= 0.3 is 0 Å². The Morgan fingerprint density at radius 3 is 2.00 bits per heavy atom. The molecule has 0 saturated heterocycles. The molecule has 0 spiro atoms. The molecule has 0 unspecified atom stereocenters. The molecule has 0 aromatic heterocycles. The molecule has 0 nitrogen and oxygen atoms in total. The fourth-order valence-electron chi connectivity index (χ4n) is 0.111. The Morgan fingerprint density at radius 1 is 1.50 bits per heavy atom. The maximum absolute atomic E-state index is 4.93. The maximum atomic E-state index is 4.93. The van der Waals surface area contributed by atoms with Crippen LogP contribution in [-0.2, 0) is 16.5 Å². The van der Waals surface area contributed by atoms with Crippen LogP contribution in [0, 0.1) is 6.58 Å². The zero-order valence-electron chi connectivity index (χ0n) is 3.63. The molecule has 0 aliphatic rings. The van der Waals surface area contributed by atoms with Crippen molar-refractivity contribution in [2.45, 2.75) is 6.92 Å². The third kappa shape index (κ3) is 9.02. The van der Waals surface area contributed by atoms with Gasteiger partial charge in [0.15, 0.2) is 0 Å². The smallest absolute Gasteiger partial charge is 0 e. The quantitative estimate of drug-likeness (QED) is 0.284. The Kier molecular flexibility index (Phi) is 13.9. The van der Waals surface area contributed by atoms with Crippen LogP contribution in [0.25, 0.3) is 0 Å². The Hall–Kier alpha value is -0.0265. The van der Waals surface area contributed by atoms with Gasteiger partial charge in [-0.1, -0.05) is 6.92 Å². The van der Waals surface area contributed by atoms with E-state index in [1.807, 2.05) is 13.0 Å². The molecule has 0 aliphatic carbocycles. The monoisotopic (exact) mass is 125 g/mol. The fourth-order valence-corrected chi connectivity index (χ4v) is 0.111. The van der Waals surface area contributed by atoms with Gasteiger partial charge < -0.3 is 0 Å². The first-order valence-electron chi connectivity index (χ1n) is 1.58. The molecule has 0 atom stereocenters. The Morgan fingerprint density at radius 2 is 2.00 bits per heavy atom. The Balaban J connectivity index is 0. The minimum atomic E-state index is 0. The van der Waals surface area contributed by atoms with Gasteiger partial charge in [0.1, 0.15) is 0 Å². The summed E-state index contributed by atoms with van der Waals surface area (Å²) in [6, 6.07) is 0. The first-order valence-corrected chi connectivity index (χ1v) is 1.58. The predicted octanol–water partition coefficient (Wildman–Crippen LogP) is 1.55. The van der Waals surface area contributed by atoms with Gasteiger partial charge in [0.2, 0.25) is 0 Å². The minimum Gasteiger partial charge on any atom is -0.293 e. The zero-order chi connectivity index (χ0) is 4.12. The van der Waals surface area contributed by atoms with E-state index in [0.717, 1.165) is 0 Å². The van der Waals surface area contributed by atoms with Crippen molar-refractivity contribution in [1.29, 1.82) is 0 Å². The van der Waals surface area contributed by atoms with E-state index in [0.29, 0.717) is 0 Å². The minimum absolute atomic E-state index is 0. The van der Waals surface area contributed by atoms with Crippen LogP contribution < -0.4 is 0 Å². The molecule has 0 aliphatic heterocycles. The van der Waals surface area contributed by atoms with Gasteiger partial charge in [0.05, 0.1) is 0 Å². The summed E-state index contributed by atoms with van der Waals surface area (Å²) >= 11 is 0. The molecule has 0 aromatic carbocycles. The van der Waals surface area contributed by atoms with E-state index in [9.17, 15) is 0 Å². The second kappa shape index (κ2) is 8.88. The summed E-state index contributed by atoms with van der Waals surface area (Å²) < 4.78 is 0. The first kappa shape index (κ1) is 9.36. The Labute approximate surface area is 48.9 Å². The second-order valence-electron chi connectivity index (χ2n) is 0.718. The van der Waals surface area contributed by atoms with Crippen molar-refractivity contribution in [3.05, 3.63) is 24.8 Å². The van der Waals surface area contributed by atoms with E-state index in [2.05, 4.69) is 0 Å². The average molecular weight is 126 g/mol. The Bertz CT molecular complexity index is 45.9. The predicted molar refractivity (Wildman–Crippen MR) is 23.7 cm³/mol. The first-order chi connectivity index (χ1) is 2.41. The van der Waals surface area contributed by atoms with E-state index in [1.54, 1.807) is 6.08 Å². The molecule has 0 saturated carbocycles. The van der Waals surface area contributed by atoms with Crippen LogP contribution in [0.1, 0.15) is 6.92 Å². The van der Waals surface area contributed by atoms with Crippen LogP contribution >= 0.6 is 0 Å². The molecule has 6 heavy (non-hydrogen) atoms. The van der Waals surface area contributed by atoms with Crippen molar-refractivity contribution < 1.29 is 16.5 Å². The van der Waals surface area contributed by atoms with Crippen LogP contribution in [0.2, 0.25) is 0 Å². The van der Waals surface area contributed by atoms with E-state index in [4.69, 9.17) is 6.58 Å². The molecule has 0 radical (unpaired) electrons. The van der Waals surface area contributed by atoms with Crippen molar-refractivity contribution >= 4 is 0 Å². The van der Waals surface area contributed by atoms with Crippen molar-refractivity contribution in [2.24, 2.45) is 0 Å². The summed E-state index contributed by atoms with van der Waals surface area (Å²) in [6.45, 7) is 6.85. The zero-order valence-corrected chi connectivity index (χ0v) is 4.61. The fraction of sp³-hybridized carbons (Fsp3) is 0.200. The van der Waals surface area contributed by atoms with Gasteiger partial charge in [-0.05, 0) is 0 Å². The van der Waals surface area contributed by atoms with Gasteiger partial charge in [-0.2, -0.15) is 6.08 Å². The summed E-state index contributed by atoms with van der Waals surface area (Å²) in [4.78, 5) is 0. The van der Waals surface area contributed by atoms with Crippen molar-refractivity contribution in [3.8, 4) is 0 Å². The van der Waals surface area contributed by atoms with Crippen LogP contribution in [-0.4, -0.2) is 0 Å². The molecule has 0 heterocycles. The topological polar surface area (TPSA) is 0 Å². The van der Waals surface area contributed by atoms with Crippen molar-refractivity contribution in [3.63, 3.8) is 0 Å². The molecule has 0 aromatic rings. The third-order valence-electron chi connectivity index (χ3n) is 0.304. The van der Waals surface area contributed by atoms with Gasteiger partial charge in [0, 0.05) is 16.5 Å². The second-order valence-corrected chi connectivity index (χ2v) is 0.718. The van der Waals surface area contributed by atoms with Crippen molar-refractivity contribution in [2.75, 3.05) is 0 Å². The molecular weight excluding hydrogens is 119 g/mol. The van der Waals surface area contributed by atoms with Gasteiger partial charge in [-0.15, -0.1) is 0 Å². The SMILES string of the molecule is [CH-]=C/C=C/C.[Ni]. The summed E-state index contributed by atoms with van der Waals surface area (Å²) in [7, 11) is 0. The average Bonchev–Trinajstić information content (AvgIpc) is 1.41. The van der Waals surface area contributed by atoms with E-state index in [-0.39, 0.29) is 16.5 Å². The molecule has 0 amide bonds. The molecule has 0 rings (SSSR count). The third-order valence-corrected chi connectivity index (χ3v) is 0.304. The molecule has 0 N–H and O–H groups in total. The van der Waals surface area contributed by atoms with Gasteiger partial charge in [-0.3, -0.25) is 6.58 Å². The maximum Gasteiger partial charge on any atom is 0 e. The largest absolute Gasteiger partial charge is 0.293 e. The normalized spacial score (nSPS) is 7.50. The number of allylic oxidation sites excluding steroid dienone is 3. The number of rotatable bonds is 1. The molecule has 1 heteroatoms. The van der Waals surface area contributed by atoms with Crippen LogP contribution in [0.5, 0.6) is 0 Å². The van der Waals surface area contributed by atoms with Crippen LogP contribution in [0.15, 0.2) is 18.2 Å². The molecule has 0 fully saturated rings. The summed E-state index contributed by atoms with van der Waals surface area (Å²) in [6.07, 6.45) is 5.15. The van der Waals surface area contributed by atoms with Crippen molar-refractivity contribution in [1.82, 2.24) is 0 Å². The summed E-state index contributed by atoms with van der Waals surface area (Å²) in [5.74, 6) is 0. The van der Waals surface area contributed by atoms with Crippen LogP contribution in [0.4, 0.5) is 0 Å². The summed E-state index contributed by atoms with van der Waals surface area (Å²) in [5, 5.41) is 0. The number of hydrogen-bond acceptors (Lipinski definition) is 0. The van der Waals surface area contributed by atoms with E-state index in [1.165, 1.54) is 6.08 Å². The number of hydrogen-bond donors (Lipinski definition) is 0. The van der Waals surface area contributed by atoms with E-state index >= 15 is 0 Å². The molecular formula is C5H7Ni-. The standard InChI is InChI=1S/C5H7.Ni/c1-3-5-4-2;/h1,3-5H,2H3;/q-1;/b5-4+;. The van der Waals surface area contributed by atoms with E-state index < -0.39 is 0 Å². The summed E-state index contributed by atoms with van der Waals surface area (Å²) in [5.41, 5.74) is 0. The van der Waals surface area contributed by atoms with Crippen LogP contribution in [0.3, 0.4) is 0 Å². The molecule has 0 bridgehead atoms. The van der Waals surface area contributed by atoms with Gasteiger partial charge in [-0.25, -0.2) is 12.2 Å².